The Morgan fingerprint density at radius 3 is 3.00 bits per heavy atom. The van der Waals surface area contributed by atoms with E-state index >= 15 is 0 Å². The molecule has 1 aliphatic heterocycles. The topological polar surface area (TPSA) is 88.3 Å². The molecule has 0 fully saturated rings. The molecule has 0 amide bonds. The summed E-state index contributed by atoms with van der Waals surface area (Å²) in [5.41, 5.74) is 0.626. The minimum atomic E-state index is 0.626. The van der Waals surface area contributed by atoms with Gasteiger partial charge in [-0.25, -0.2) is 4.83 Å². The quantitative estimate of drug-likeness (QED) is 0.622. The smallest absolute Gasteiger partial charge is 0.125 e. The molecule has 1 aromatic rings. The van der Waals surface area contributed by atoms with Crippen molar-refractivity contribution in [1.29, 1.82) is 0 Å². The Morgan fingerprint density at radius 1 is 1.33 bits per heavy atom. The number of aromatic nitrogens is 4. The molecule has 2 rings (SSSR count). The van der Waals surface area contributed by atoms with Gasteiger partial charge >= 0.3 is 0 Å². The molecule has 0 saturated heterocycles. The zero-order valence-electron chi connectivity index (χ0n) is 5.75. The lowest BCUT2D eigenvalue weighted by atomic mass is 10.4. The zero-order valence-corrected chi connectivity index (χ0v) is 6.56. The van der Waals surface area contributed by atoms with Crippen molar-refractivity contribution in [3.63, 3.8) is 0 Å². The molecule has 1 aliphatic rings. The van der Waals surface area contributed by atoms with Gasteiger partial charge < -0.3 is 0 Å². The molecule has 0 atom stereocenters. The SMILES string of the molecule is C1=C(c2cnnnn2)SNN=N1. The maximum atomic E-state index is 3.75. The van der Waals surface area contributed by atoms with E-state index in [1.54, 1.807) is 6.20 Å². The summed E-state index contributed by atoms with van der Waals surface area (Å²) in [4.78, 5) is 3.44. The van der Waals surface area contributed by atoms with Crippen LogP contribution >= 0.6 is 11.9 Å². The number of hydrogen-bond donors (Lipinski definition) is 1. The summed E-state index contributed by atoms with van der Waals surface area (Å²) in [5, 5.41) is 21.2. The highest BCUT2D eigenvalue weighted by Gasteiger charge is 2.07. The number of hydrogen-bond acceptors (Lipinski definition) is 8. The van der Waals surface area contributed by atoms with E-state index in [1.807, 2.05) is 0 Å². The van der Waals surface area contributed by atoms with Crippen LogP contribution in [-0.4, -0.2) is 20.6 Å². The predicted molar refractivity (Wildman–Crippen MR) is 41.2 cm³/mol. The van der Waals surface area contributed by atoms with Gasteiger partial charge in [-0.15, -0.1) is 15.3 Å². The Hall–Kier alpha value is -1.57. The van der Waals surface area contributed by atoms with Crippen molar-refractivity contribution in [3.05, 3.63) is 18.1 Å². The molecule has 2 heterocycles. The summed E-state index contributed by atoms with van der Waals surface area (Å²) < 4.78 is 0. The van der Waals surface area contributed by atoms with E-state index in [4.69, 9.17) is 0 Å². The fourth-order valence-corrected chi connectivity index (χ4v) is 1.11. The normalized spacial score (nSPS) is 15.2. The molecular formula is C4H3N7S. The van der Waals surface area contributed by atoms with Crippen LogP contribution in [0, 0.1) is 0 Å². The minimum absolute atomic E-state index is 0.626. The second-order valence-corrected chi connectivity index (χ2v) is 2.64. The van der Waals surface area contributed by atoms with Crippen LogP contribution in [0.3, 0.4) is 0 Å². The molecule has 1 N–H and O–H groups in total. The molecule has 7 nitrogen and oxygen atoms in total. The van der Waals surface area contributed by atoms with Crippen LogP contribution in [0.5, 0.6) is 0 Å². The lowest BCUT2D eigenvalue weighted by molar-refractivity contribution is 0.754. The summed E-state index contributed by atoms with van der Waals surface area (Å²) >= 11 is 1.30. The van der Waals surface area contributed by atoms with Gasteiger partial charge in [0.25, 0.3) is 0 Å². The summed E-state index contributed by atoms with van der Waals surface area (Å²) in [6.45, 7) is 0. The molecular weight excluding hydrogens is 178 g/mol. The van der Waals surface area contributed by atoms with Gasteiger partial charge in [-0.1, -0.05) is 5.22 Å². The zero-order chi connectivity index (χ0) is 8.23. The third-order valence-corrected chi connectivity index (χ3v) is 1.81. The highest BCUT2D eigenvalue weighted by atomic mass is 32.2. The molecule has 0 aliphatic carbocycles. The van der Waals surface area contributed by atoms with Crippen molar-refractivity contribution < 1.29 is 0 Å². The van der Waals surface area contributed by atoms with Crippen LogP contribution in [0.1, 0.15) is 5.69 Å². The molecule has 0 aromatic carbocycles. The Morgan fingerprint density at radius 2 is 2.33 bits per heavy atom. The first-order valence-electron chi connectivity index (χ1n) is 3.00. The van der Waals surface area contributed by atoms with Gasteiger partial charge in [0, 0.05) is 11.9 Å². The summed E-state index contributed by atoms with van der Waals surface area (Å²) in [7, 11) is 0. The van der Waals surface area contributed by atoms with Crippen molar-refractivity contribution in [2.24, 2.45) is 10.3 Å². The van der Waals surface area contributed by atoms with Crippen LogP contribution in [0.15, 0.2) is 22.7 Å². The van der Waals surface area contributed by atoms with E-state index in [9.17, 15) is 0 Å². The molecule has 0 saturated carbocycles. The van der Waals surface area contributed by atoms with Crippen LogP contribution < -0.4 is 4.83 Å². The fraction of sp³-hybridized carbons (Fsp3) is 0. The first kappa shape index (κ1) is 7.10. The standard InChI is InChI=1S/C4H3N7S/c1-3(7-10-8-5-1)4-2-6-9-11-12-4/h1-2H,(H,6,11). The lowest BCUT2D eigenvalue weighted by Gasteiger charge is -2.03. The van der Waals surface area contributed by atoms with E-state index in [0.717, 1.165) is 4.91 Å². The lowest BCUT2D eigenvalue weighted by Crippen LogP contribution is -2.00. The molecule has 60 valence electrons. The van der Waals surface area contributed by atoms with Gasteiger partial charge in [-0.2, -0.15) is 0 Å². The number of nitrogens with zero attached hydrogens (tertiary/aromatic N) is 6. The molecule has 0 spiro atoms. The molecule has 0 bridgehead atoms. The van der Waals surface area contributed by atoms with Crippen LogP contribution in [0.2, 0.25) is 0 Å². The summed E-state index contributed by atoms with van der Waals surface area (Å²) in [5.74, 6) is 0. The second-order valence-electron chi connectivity index (χ2n) is 1.81. The molecule has 12 heavy (non-hydrogen) atoms. The van der Waals surface area contributed by atoms with E-state index in [2.05, 4.69) is 35.8 Å². The first-order valence-corrected chi connectivity index (χ1v) is 3.82. The fourth-order valence-electron chi connectivity index (χ4n) is 0.630. The van der Waals surface area contributed by atoms with Crippen LogP contribution in [0.25, 0.3) is 4.91 Å². The van der Waals surface area contributed by atoms with E-state index in [-0.39, 0.29) is 0 Å². The molecule has 0 radical (unpaired) electrons. The third kappa shape index (κ3) is 1.37. The van der Waals surface area contributed by atoms with Crippen molar-refractivity contribution in [3.8, 4) is 0 Å². The van der Waals surface area contributed by atoms with Gasteiger partial charge in [0.15, 0.2) is 0 Å². The molecule has 0 unspecified atom stereocenters. The maximum absolute atomic E-state index is 3.75. The van der Waals surface area contributed by atoms with Gasteiger partial charge in [0.05, 0.1) is 17.3 Å². The van der Waals surface area contributed by atoms with Crippen molar-refractivity contribution in [2.45, 2.75) is 0 Å². The Kier molecular flexibility index (Phi) is 1.90. The van der Waals surface area contributed by atoms with Crippen molar-refractivity contribution >= 4 is 16.9 Å². The van der Waals surface area contributed by atoms with Crippen LogP contribution in [-0.2, 0) is 0 Å². The Bertz CT molecular complexity index is 319. The van der Waals surface area contributed by atoms with Crippen molar-refractivity contribution in [1.82, 2.24) is 25.5 Å². The van der Waals surface area contributed by atoms with E-state index in [0.29, 0.717) is 5.69 Å². The minimum Gasteiger partial charge on any atom is -0.228 e. The monoisotopic (exact) mass is 181 g/mol. The Labute approximate surface area is 71.5 Å². The number of rotatable bonds is 1. The third-order valence-electron chi connectivity index (χ3n) is 1.11. The van der Waals surface area contributed by atoms with E-state index < -0.39 is 0 Å². The second kappa shape index (κ2) is 3.22. The average Bonchev–Trinajstić information content (AvgIpc) is 2.21. The van der Waals surface area contributed by atoms with Crippen molar-refractivity contribution in [2.75, 3.05) is 0 Å². The van der Waals surface area contributed by atoms with Gasteiger partial charge in [0.2, 0.25) is 0 Å². The van der Waals surface area contributed by atoms with E-state index in [1.165, 1.54) is 18.1 Å². The van der Waals surface area contributed by atoms with Gasteiger partial charge in [-0.3, -0.25) is 0 Å². The first-order chi connectivity index (χ1) is 5.97. The summed E-state index contributed by atoms with van der Waals surface area (Å²) in [6, 6.07) is 0. The average molecular weight is 181 g/mol. The van der Waals surface area contributed by atoms with Gasteiger partial charge in [-0.05, 0) is 10.4 Å². The largest absolute Gasteiger partial charge is 0.228 e. The maximum Gasteiger partial charge on any atom is 0.125 e. The highest BCUT2D eigenvalue weighted by molar-refractivity contribution is 8.06. The summed E-state index contributed by atoms with van der Waals surface area (Å²) in [6.07, 6.45) is 3.08. The predicted octanol–water partition coefficient (Wildman–Crippen LogP) is 0.184. The molecule has 1 aromatic heterocycles. The number of nitrogens with one attached hydrogen (secondary N) is 1. The van der Waals surface area contributed by atoms with Gasteiger partial charge in [0.1, 0.15) is 5.69 Å². The Balaban J connectivity index is 2.31. The van der Waals surface area contributed by atoms with Crippen LogP contribution in [0.4, 0.5) is 0 Å². The molecule has 8 heteroatoms. The highest BCUT2D eigenvalue weighted by Crippen LogP contribution is 2.24.